The summed E-state index contributed by atoms with van der Waals surface area (Å²) in [6.45, 7) is 4.90. The van der Waals surface area contributed by atoms with Crippen molar-refractivity contribution in [3.63, 3.8) is 0 Å². The van der Waals surface area contributed by atoms with Gasteiger partial charge in [-0.3, -0.25) is 4.79 Å². The van der Waals surface area contributed by atoms with Crippen molar-refractivity contribution in [2.75, 3.05) is 12.5 Å². The molecule has 0 saturated heterocycles. The molecule has 0 N–H and O–H groups in total. The van der Waals surface area contributed by atoms with E-state index in [1.807, 2.05) is 0 Å². The summed E-state index contributed by atoms with van der Waals surface area (Å²) in [5.41, 5.74) is 0. The molecule has 3 heteroatoms. The zero-order valence-electron chi connectivity index (χ0n) is 9.93. The summed E-state index contributed by atoms with van der Waals surface area (Å²) in [7, 11) is 0. The zero-order valence-corrected chi connectivity index (χ0v) is 10.7. The van der Waals surface area contributed by atoms with E-state index in [9.17, 15) is 4.79 Å². The number of hydrogen-bond donors (Lipinski definition) is 0. The summed E-state index contributed by atoms with van der Waals surface area (Å²) < 4.78 is 5.07. The number of rotatable bonds is 9. The van der Waals surface area contributed by atoms with E-state index in [-0.39, 0.29) is 11.8 Å². The first-order chi connectivity index (χ1) is 7.24. The molecule has 0 aromatic rings. The normalized spacial score (nSPS) is 12.5. The third-order valence-corrected chi connectivity index (χ3v) is 2.72. The van der Waals surface area contributed by atoms with Crippen molar-refractivity contribution in [1.82, 2.24) is 0 Å². The van der Waals surface area contributed by atoms with E-state index in [0.29, 0.717) is 12.5 Å². The molecule has 1 atom stereocenters. The maximum absolute atomic E-state index is 10.9. The molecule has 0 heterocycles. The van der Waals surface area contributed by atoms with Gasteiger partial charge in [-0.05, 0) is 18.8 Å². The van der Waals surface area contributed by atoms with Crippen LogP contribution in [-0.2, 0) is 9.53 Å². The van der Waals surface area contributed by atoms with Crippen LogP contribution in [0.3, 0.4) is 0 Å². The van der Waals surface area contributed by atoms with Crippen LogP contribution in [0.2, 0.25) is 0 Å². The molecule has 0 aliphatic carbocycles. The van der Waals surface area contributed by atoms with Gasteiger partial charge < -0.3 is 4.74 Å². The summed E-state index contributed by atoms with van der Waals surface area (Å²) in [4.78, 5) is 10.9. The Morgan fingerprint density at radius 3 is 2.47 bits per heavy atom. The largest absolute Gasteiger partial charge is 0.465 e. The molecule has 0 radical (unpaired) electrons. The van der Waals surface area contributed by atoms with Crippen molar-refractivity contribution in [1.29, 1.82) is 0 Å². The number of ether oxygens (including phenoxy) is 1. The topological polar surface area (TPSA) is 26.3 Å². The fraction of sp³-hybridized carbons (Fsp3) is 0.917. The van der Waals surface area contributed by atoms with E-state index < -0.39 is 0 Å². The minimum Gasteiger partial charge on any atom is -0.465 e. The Morgan fingerprint density at radius 1 is 1.20 bits per heavy atom. The van der Waals surface area contributed by atoms with Crippen molar-refractivity contribution in [2.45, 2.75) is 52.4 Å². The molecular formula is C12H23ClO2. The maximum atomic E-state index is 10.9. The molecule has 90 valence electrons. The molecule has 15 heavy (non-hydrogen) atoms. The Labute approximate surface area is 98.3 Å². The summed E-state index contributed by atoms with van der Waals surface area (Å²) >= 11 is 5.36. The Balaban J connectivity index is 3.66. The molecule has 0 aliphatic heterocycles. The van der Waals surface area contributed by atoms with Crippen molar-refractivity contribution in [3.8, 4) is 0 Å². The van der Waals surface area contributed by atoms with Gasteiger partial charge in [-0.25, -0.2) is 0 Å². The van der Waals surface area contributed by atoms with Crippen LogP contribution < -0.4 is 0 Å². The monoisotopic (exact) mass is 234 g/mol. The van der Waals surface area contributed by atoms with Gasteiger partial charge in [0.05, 0.1) is 6.61 Å². The minimum absolute atomic E-state index is 0.0339. The number of alkyl halides is 1. The molecule has 0 amide bonds. The highest BCUT2D eigenvalue weighted by Crippen LogP contribution is 2.16. The van der Waals surface area contributed by atoms with Crippen LogP contribution in [0.4, 0.5) is 0 Å². The predicted octanol–water partition coefficient (Wildman–Crippen LogP) is 3.77. The van der Waals surface area contributed by atoms with Crippen molar-refractivity contribution in [2.24, 2.45) is 5.92 Å². The Morgan fingerprint density at radius 2 is 1.93 bits per heavy atom. The Bertz CT molecular complexity index is 160. The molecule has 1 unspecified atom stereocenters. The first-order valence-corrected chi connectivity index (χ1v) is 6.49. The van der Waals surface area contributed by atoms with Crippen LogP contribution in [0.1, 0.15) is 52.4 Å². The highest BCUT2D eigenvalue weighted by molar-refractivity contribution is 6.26. The van der Waals surface area contributed by atoms with E-state index in [1.54, 1.807) is 0 Å². The second-order valence-corrected chi connectivity index (χ2v) is 4.23. The van der Waals surface area contributed by atoms with Crippen LogP contribution in [0.25, 0.3) is 0 Å². The summed E-state index contributed by atoms with van der Waals surface area (Å²) in [6, 6.07) is 0. The maximum Gasteiger partial charge on any atom is 0.320 e. The highest BCUT2D eigenvalue weighted by Gasteiger charge is 2.10. The van der Waals surface area contributed by atoms with Crippen molar-refractivity contribution >= 4 is 17.6 Å². The average Bonchev–Trinajstić information content (AvgIpc) is 2.25. The number of hydrogen-bond acceptors (Lipinski definition) is 2. The Kier molecular flexibility index (Phi) is 10.1. The van der Waals surface area contributed by atoms with Gasteiger partial charge in [-0.15, -0.1) is 11.6 Å². The van der Waals surface area contributed by atoms with Crippen LogP contribution in [0.5, 0.6) is 0 Å². The lowest BCUT2D eigenvalue weighted by atomic mass is 9.97. The van der Waals surface area contributed by atoms with Crippen LogP contribution in [-0.4, -0.2) is 18.5 Å². The highest BCUT2D eigenvalue weighted by atomic mass is 35.5. The van der Waals surface area contributed by atoms with Gasteiger partial charge in [0, 0.05) is 0 Å². The molecule has 0 aliphatic rings. The number of esters is 1. The zero-order chi connectivity index (χ0) is 11.5. The molecule has 0 rings (SSSR count). The van der Waals surface area contributed by atoms with Gasteiger partial charge in [0.25, 0.3) is 0 Å². The molecule has 2 nitrogen and oxygen atoms in total. The molecule has 0 saturated carbocycles. The summed E-state index contributed by atoms with van der Waals surface area (Å²) in [5, 5.41) is 0. The molecule has 0 aromatic heterocycles. The number of carbonyl (C=O) groups excluding carboxylic acids is 1. The number of unbranched alkanes of at least 4 members (excludes halogenated alkanes) is 2. The second kappa shape index (κ2) is 10.3. The fourth-order valence-electron chi connectivity index (χ4n) is 1.65. The molecule has 0 bridgehead atoms. The summed E-state index contributed by atoms with van der Waals surface area (Å²) in [6.07, 6.45) is 7.19. The van der Waals surface area contributed by atoms with E-state index in [0.717, 1.165) is 19.3 Å². The van der Waals surface area contributed by atoms with Gasteiger partial charge in [0.2, 0.25) is 0 Å². The van der Waals surface area contributed by atoms with Gasteiger partial charge in [-0.1, -0.05) is 39.5 Å². The molecular weight excluding hydrogens is 212 g/mol. The quantitative estimate of drug-likeness (QED) is 0.345. The van der Waals surface area contributed by atoms with Gasteiger partial charge >= 0.3 is 5.97 Å². The lowest BCUT2D eigenvalue weighted by Gasteiger charge is -2.15. The summed E-state index contributed by atoms with van der Waals surface area (Å²) in [5.74, 6) is 0.190. The predicted molar refractivity (Wildman–Crippen MR) is 64.2 cm³/mol. The van der Waals surface area contributed by atoms with E-state index >= 15 is 0 Å². The smallest absolute Gasteiger partial charge is 0.320 e. The third kappa shape index (κ3) is 8.73. The average molecular weight is 235 g/mol. The number of carbonyl (C=O) groups is 1. The van der Waals surface area contributed by atoms with Crippen LogP contribution in [0.15, 0.2) is 0 Å². The van der Waals surface area contributed by atoms with Crippen LogP contribution in [0, 0.1) is 5.92 Å². The number of halogens is 1. The van der Waals surface area contributed by atoms with Gasteiger partial charge in [0.1, 0.15) is 5.88 Å². The Hall–Kier alpha value is -0.240. The van der Waals surface area contributed by atoms with Gasteiger partial charge in [0.15, 0.2) is 0 Å². The molecule has 0 spiro atoms. The first kappa shape index (κ1) is 14.8. The fourth-order valence-corrected chi connectivity index (χ4v) is 1.73. The van der Waals surface area contributed by atoms with Crippen LogP contribution >= 0.6 is 11.6 Å². The van der Waals surface area contributed by atoms with E-state index in [2.05, 4.69) is 13.8 Å². The second-order valence-electron chi connectivity index (χ2n) is 3.97. The van der Waals surface area contributed by atoms with Gasteiger partial charge in [-0.2, -0.15) is 0 Å². The standard InChI is InChI=1S/C12H23ClO2/c1-3-5-6-8-11(7-4-2)10-15-12(14)9-13/h11H,3-10H2,1-2H3. The van der Waals surface area contributed by atoms with E-state index in [4.69, 9.17) is 16.3 Å². The van der Waals surface area contributed by atoms with E-state index in [1.165, 1.54) is 19.3 Å². The van der Waals surface area contributed by atoms with Crippen molar-refractivity contribution < 1.29 is 9.53 Å². The first-order valence-electron chi connectivity index (χ1n) is 5.96. The minimum atomic E-state index is -0.298. The lowest BCUT2D eigenvalue weighted by molar-refractivity contribution is -0.142. The van der Waals surface area contributed by atoms with Crippen molar-refractivity contribution in [3.05, 3.63) is 0 Å². The SMILES string of the molecule is CCCCCC(CCC)COC(=O)CCl. The lowest BCUT2D eigenvalue weighted by Crippen LogP contribution is -2.15. The molecule has 0 aromatic carbocycles. The third-order valence-electron chi connectivity index (χ3n) is 2.50. The molecule has 0 fully saturated rings.